The van der Waals surface area contributed by atoms with Gasteiger partial charge < -0.3 is 9.64 Å². The van der Waals surface area contributed by atoms with Crippen molar-refractivity contribution in [3.05, 3.63) is 30.3 Å². The van der Waals surface area contributed by atoms with Crippen LogP contribution in [0.25, 0.3) is 0 Å². The SMILES string of the molecule is CSCCC1CN(c2ccccc2)C(=O)CN1C(=O)OC(C)(C)C. The van der Waals surface area contributed by atoms with Crippen LogP contribution in [0.2, 0.25) is 0 Å². The molecule has 2 amide bonds. The molecule has 0 aromatic heterocycles. The number of amides is 2. The number of benzene rings is 1. The first-order valence-electron chi connectivity index (χ1n) is 8.16. The lowest BCUT2D eigenvalue weighted by molar-refractivity contribution is -0.122. The summed E-state index contributed by atoms with van der Waals surface area (Å²) in [5, 5.41) is 0. The lowest BCUT2D eigenvalue weighted by atomic mass is 10.1. The number of carbonyl (C=O) groups excluding carboxylic acids is 2. The molecule has 0 saturated carbocycles. The quantitative estimate of drug-likeness (QED) is 0.835. The average Bonchev–Trinajstić information content (AvgIpc) is 2.52. The van der Waals surface area contributed by atoms with Gasteiger partial charge in [-0.2, -0.15) is 11.8 Å². The Kier molecular flexibility index (Phi) is 6.15. The minimum Gasteiger partial charge on any atom is -0.444 e. The first-order chi connectivity index (χ1) is 11.3. The van der Waals surface area contributed by atoms with E-state index in [-0.39, 0.29) is 18.5 Å². The zero-order chi connectivity index (χ0) is 17.7. The molecule has 6 heteroatoms. The monoisotopic (exact) mass is 350 g/mol. The van der Waals surface area contributed by atoms with E-state index in [2.05, 4.69) is 0 Å². The normalized spacial score (nSPS) is 18.7. The molecule has 1 aromatic rings. The molecule has 132 valence electrons. The Balaban J connectivity index is 2.17. The van der Waals surface area contributed by atoms with Gasteiger partial charge in [-0.05, 0) is 51.3 Å². The molecule has 24 heavy (non-hydrogen) atoms. The molecular formula is C18H26N2O3S. The van der Waals surface area contributed by atoms with Gasteiger partial charge in [-0.15, -0.1) is 0 Å². The average molecular weight is 350 g/mol. The van der Waals surface area contributed by atoms with Crippen molar-refractivity contribution in [2.45, 2.75) is 38.8 Å². The van der Waals surface area contributed by atoms with Crippen LogP contribution in [0.1, 0.15) is 27.2 Å². The fourth-order valence-electron chi connectivity index (χ4n) is 2.66. The second-order valence-corrected chi connectivity index (χ2v) is 7.87. The van der Waals surface area contributed by atoms with Gasteiger partial charge in [-0.1, -0.05) is 18.2 Å². The number of thioether (sulfide) groups is 1. The van der Waals surface area contributed by atoms with Gasteiger partial charge in [0.2, 0.25) is 5.91 Å². The highest BCUT2D eigenvalue weighted by Crippen LogP contribution is 2.24. The molecule has 2 rings (SSSR count). The summed E-state index contributed by atoms with van der Waals surface area (Å²) in [6.45, 7) is 6.07. The van der Waals surface area contributed by atoms with Crippen LogP contribution in [0, 0.1) is 0 Å². The van der Waals surface area contributed by atoms with Crippen molar-refractivity contribution in [3.8, 4) is 0 Å². The zero-order valence-corrected chi connectivity index (χ0v) is 15.6. The Hall–Kier alpha value is -1.69. The van der Waals surface area contributed by atoms with Gasteiger partial charge in [0, 0.05) is 12.2 Å². The molecule has 0 aliphatic carbocycles. The second-order valence-electron chi connectivity index (χ2n) is 6.88. The smallest absolute Gasteiger partial charge is 0.411 e. The van der Waals surface area contributed by atoms with Crippen LogP contribution in [-0.2, 0) is 9.53 Å². The first-order valence-corrected chi connectivity index (χ1v) is 9.55. The second kappa shape index (κ2) is 7.92. The number of rotatable bonds is 4. The van der Waals surface area contributed by atoms with Crippen molar-refractivity contribution in [1.29, 1.82) is 0 Å². The summed E-state index contributed by atoms with van der Waals surface area (Å²) in [6, 6.07) is 9.57. The van der Waals surface area contributed by atoms with E-state index in [1.807, 2.05) is 57.4 Å². The van der Waals surface area contributed by atoms with Gasteiger partial charge in [-0.3, -0.25) is 9.69 Å². The van der Waals surface area contributed by atoms with Crippen molar-refractivity contribution in [2.75, 3.05) is 30.0 Å². The number of nitrogens with zero attached hydrogens (tertiary/aromatic N) is 2. The topological polar surface area (TPSA) is 49.9 Å². The summed E-state index contributed by atoms with van der Waals surface area (Å²) in [6.07, 6.45) is 2.47. The number of carbonyl (C=O) groups is 2. The lowest BCUT2D eigenvalue weighted by Gasteiger charge is -2.41. The summed E-state index contributed by atoms with van der Waals surface area (Å²) < 4.78 is 5.49. The number of piperazine rings is 1. The van der Waals surface area contributed by atoms with Crippen LogP contribution < -0.4 is 4.90 Å². The predicted molar refractivity (Wildman–Crippen MR) is 98.5 cm³/mol. The van der Waals surface area contributed by atoms with Crippen LogP contribution in [0.15, 0.2) is 30.3 Å². The van der Waals surface area contributed by atoms with E-state index in [9.17, 15) is 9.59 Å². The molecule has 0 spiro atoms. The molecule has 1 atom stereocenters. The highest BCUT2D eigenvalue weighted by molar-refractivity contribution is 7.98. The van der Waals surface area contributed by atoms with Crippen LogP contribution in [0.4, 0.5) is 10.5 Å². The molecule has 1 aromatic carbocycles. The van der Waals surface area contributed by atoms with Gasteiger partial charge in [0.1, 0.15) is 12.1 Å². The minimum atomic E-state index is -0.569. The van der Waals surface area contributed by atoms with Crippen molar-refractivity contribution in [3.63, 3.8) is 0 Å². The Bertz CT molecular complexity index is 571. The first kappa shape index (κ1) is 18.6. The molecule has 0 radical (unpaired) electrons. The number of anilines is 1. The summed E-state index contributed by atoms with van der Waals surface area (Å²) >= 11 is 1.74. The van der Waals surface area contributed by atoms with Crippen LogP contribution in [-0.4, -0.2) is 53.6 Å². The lowest BCUT2D eigenvalue weighted by Crippen LogP contribution is -2.59. The van der Waals surface area contributed by atoms with Crippen LogP contribution in [0.3, 0.4) is 0 Å². The highest BCUT2D eigenvalue weighted by Gasteiger charge is 2.37. The Labute approximate surface area is 148 Å². The van der Waals surface area contributed by atoms with E-state index < -0.39 is 11.7 Å². The molecule has 5 nitrogen and oxygen atoms in total. The molecule has 1 fully saturated rings. The summed E-state index contributed by atoms with van der Waals surface area (Å²) in [5.74, 6) is 0.855. The van der Waals surface area contributed by atoms with E-state index in [0.717, 1.165) is 17.9 Å². The van der Waals surface area contributed by atoms with E-state index in [1.165, 1.54) is 0 Å². The predicted octanol–water partition coefficient (Wildman–Crippen LogP) is 3.39. The Morgan fingerprint density at radius 3 is 2.54 bits per heavy atom. The standard InChI is InChI=1S/C18H26N2O3S/c1-18(2,3)23-17(22)20-13-16(21)19(12-15(20)10-11-24-4)14-8-6-5-7-9-14/h5-9,15H,10-13H2,1-4H3. The van der Waals surface area contributed by atoms with E-state index in [1.54, 1.807) is 21.6 Å². The molecule has 1 heterocycles. The van der Waals surface area contributed by atoms with E-state index in [0.29, 0.717) is 6.54 Å². The third kappa shape index (κ3) is 4.90. The van der Waals surface area contributed by atoms with Crippen molar-refractivity contribution in [2.24, 2.45) is 0 Å². The molecule has 0 N–H and O–H groups in total. The number of ether oxygens (including phenoxy) is 1. The fraction of sp³-hybridized carbons (Fsp3) is 0.556. The van der Waals surface area contributed by atoms with Crippen molar-refractivity contribution in [1.82, 2.24) is 4.90 Å². The molecular weight excluding hydrogens is 324 g/mol. The number of para-hydroxylation sites is 1. The Morgan fingerprint density at radius 2 is 1.96 bits per heavy atom. The maximum absolute atomic E-state index is 12.6. The molecule has 1 aliphatic heterocycles. The van der Waals surface area contributed by atoms with Crippen LogP contribution in [0.5, 0.6) is 0 Å². The van der Waals surface area contributed by atoms with Crippen LogP contribution >= 0.6 is 11.8 Å². The van der Waals surface area contributed by atoms with Gasteiger partial charge in [0.15, 0.2) is 0 Å². The van der Waals surface area contributed by atoms with Gasteiger partial charge in [-0.25, -0.2) is 4.79 Å². The summed E-state index contributed by atoms with van der Waals surface area (Å²) in [5.41, 5.74) is 0.307. The number of hydrogen-bond acceptors (Lipinski definition) is 4. The molecule has 1 saturated heterocycles. The van der Waals surface area contributed by atoms with Crippen molar-refractivity contribution < 1.29 is 14.3 Å². The molecule has 1 aliphatic rings. The highest BCUT2D eigenvalue weighted by atomic mass is 32.2. The molecule has 0 bridgehead atoms. The minimum absolute atomic E-state index is 0.0368. The number of hydrogen-bond donors (Lipinski definition) is 0. The molecule has 1 unspecified atom stereocenters. The van der Waals surface area contributed by atoms with Gasteiger partial charge in [0.05, 0.1) is 6.04 Å². The maximum Gasteiger partial charge on any atom is 0.411 e. The maximum atomic E-state index is 12.6. The van der Waals surface area contributed by atoms with E-state index >= 15 is 0 Å². The van der Waals surface area contributed by atoms with Crippen molar-refractivity contribution >= 4 is 29.4 Å². The fourth-order valence-corrected chi connectivity index (χ4v) is 3.17. The summed E-state index contributed by atoms with van der Waals surface area (Å²) in [4.78, 5) is 28.4. The van der Waals surface area contributed by atoms with E-state index in [4.69, 9.17) is 4.74 Å². The Morgan fingerprint density at radius 1 is 1.29 bits per heavy atom. The summed E-state index contributed by atoms with van der Waals surface area (Å²) in [7, 11) is 0. The third-order valence-electron chi connectivity index (χ3n) is 3.79. The zero-order valence-electron chi connectivity index (χ0n) is 14.8. The van der Waals surface area contributed by atoms with Gasteiger partial charge >= 0.3 is 6.09 Å². The van der Waals surface area contributed by atoms with Gasteiger partial charge in [0.25, 0.3) is 0 Å². The largest absolute Gasteiger partial charge is 0.444 e. The third-order valence-corrected chi connectivity index (χ3v) is 4.44.